The molecule has 1 amide bonds. The summed E-state index contributed by atoms with van der Waals surface area (Å²) in [6, 6.07) is 5.17. The molecule has 0 heterocycles. The van der Waals surface area contributed by atoms with Gasteiger partial charge in [0.05, 0.1) is 26.3 Å². The lowest BCUT2D eigenvalue weighted by Crippen LogP contribution is -2.36. The third-order valence-electron chi connectivity index (χ3n) is 2.93. The van der Waals surface area contributed by atoms with E-state index in [1.54, 1.807) is 25.2 Å². The van der Waals surface area contributed by atoms with Gasteiger partial charge in [0.15, 0.2) is 17.8 Å². The van der Waals surface area contributed by atoms with Gasteiger partial charge in [-0.25, -0.2) is 0 Å². The number of ether oxygens (including phenoxy) is 4. The number of hydrogen-bond acceptors (Lipinski definition) is 5. The number of hydrogen-bond donors (Lipinski definition) is 0. The molecule has 0 radical (unpaired) electrons. The molecule has 0 unspecified atom stereocenters. The van der Waals surface area contributed by atoms with Crippen molar-refractivity contribution >= 4 is 5.91 Å². The predicted molar refractivity (Wildman–Crippen MR) is 74.3 cm³/mol. The summed E-state index contributed by atoms with van der Waals surface area (Å²) < 4.78 is 20.6. The fraction of sp³-hybridized carbons (Fsp3) is 0.500. The molecule has 0 spiro atoms. The van der Waals surface area contributed by atoms with Crippen LogP contribution in [0.3, 0.4) is 0 Å². The van der Waals surface area contributed by atoms with Crippen LogP contribution in [0.25, 0.3) is 0 Å². The third-order valence-corrected chi connectivity index (χ3v) is 2.93. The maximum Gasteiger partial charge on any atom is 0.257 e. The van der Waals surface area contributed by atoms with E-state index in [1.165, 1.54) is 33.3 Å². The topological polar surface area (TPSA) is 57.2 Å². The van der Waals surface area contributed by atoms with Crippen LogP contribution in [0.1, 0.15) is 10.4 Å². The number of para-hydroxylation sites is 1. The van der Waals surface area contributed by atoms with E-state index < -0.39 is 6.29 Å². The van der Waals surface area contributed by atoms with Gasteiger partial charge in [0.2, 0.25) is 0 Å². The summed E-state index contributed by atoms with van der Waals surface area (Å²) in [5, 5.41) is 0. The molecule has 1 aromatic rings. The molecule has 0 N–H and O–H groups in total. The summed E-state index contributed by atoms with van der Waals surface area (Å²) in [5.74, 6) is 0.736. The van der Waals surface area contributed by atoms with Crippen LogP contribution >= 0.6 is 0 Å². The summed E-state index contributed by atoms with van der Waals surface area (Å²) in [4.78, 5) is 13.9. The molecule has 0 aliphatic rings. The number of rotatable bonds is 7. The maximum atomic E-state index is 12.4. The largest absolute Gasteiger partial charge is 0.493 e. The lowest BCUT2D eigenvalue weighted by atomic mass is 10.1. The van der Waals surface area contributed by atoms with E-state index in [-0.39, 0.29) is 5.91 Å². The predicted octanol–water partition coefficient (Wildman–Crippen LogP) is 1.39. The molecule has 1 rings (SSSR count). The van der Waals surface area contributed by atoms with Crippen LogP contribution in [0.5, 0.6) is 11.5 Å². The van der Waals surface area contributed by atoms with Crippen molar-refractivity contribution in [3.63, 3.8) is 0 Å². The molecule has 0 fully saturated rings. The number of benzene rings is 1. The van der Waals surface area contributed by atoms with Crippen molar-refractivity contribution in [3.8, 4) is 11.5 Å². The summed E-state index contributed by atoms with van der Waals surface area (Å²) in [7, 11) is 7.76. The standard InChI is InChI=1S/C14H21NO5/c1-15(9-12(18-3)19-4)14(16)10-7-6-8-11(17-2)13(10)20-5/h6-8,12H,9H2,1-5H3. The molecule has 0 aromatic heterocycles. The first-order valence-electron chi connectivity index (χ1n) is 6.11. The Hall–Kier alpha value is -1.79. The average Bonchev–Trinajstić information content (AvgIpc) is 2.50. The Labute approximate surface area is 119 Å². The minimum atomic E-state index is -0.472. The first-order valence-corrected chi connectivity index (χ1v) is 6.11. The van der Waals surface area contributed by atoms with Gasteiger partial charge in [0.25, 0.3) is 5.91 Å². The van der Waals surface area contributed by atoms with Gasteiger partial charge < -0.3 is 23.8 Å². The van der Waals surface area contributed by atoms with Crippen molar-refractivity contribution in [3.05, 3.63) is 23.8 Å². The molecule has 0 atom stereocenters. The van der Waals surface area contributed by atoms with E-state index in [0.29, 0.717) is 23.6 Å². The van der Waals surface area contributed by atoms with Crippen LogP contribution in [0, 0.1) is 0 Å². The summed E-state index contributed by atoms with van der Waals surface area (Å²) in [6.07, 6.45) is -0.472. The van der Waals surface area contributed by atoms with Crippen molar-refractivity contribution in [2.45, 2.75) is 6.29 Å². The first-order chi connectivity index (χ1) is 9.58. The van der Waals surface area contributed by atoms with Crippen LogP contribution in [0.4, 0.5) is 0 Å². The number of carbonyl (C=O) groups is 1. The van der Waals surface area contributed by atoms with Crippen molar-refractivity contribution < 1.29 is 23.7 Å². The Bertz CT molecular complexity index is 445. The molecule has 0 saturated heterocycles. The van der Waals surface area contributed by atoms with Gasteiger partial charge in [-0.15, -0.1) is 0 Å². The lowest BCUT2D eigenvalue weighted by Gasteiger charge is -2.23. The van der Waals surface area contributed by atoms with Gasteiger partial charge in [0, 0.05) is 21.3 Å². The molecule has 1 aromatic carbocycles. The zero-order valence-electron chi connectivity index (χ0n) is 12.5. The minimum Gasteiger partial charge on any atom is -0.493 e. The SMILES string of the molecule is COc1cccc(C(=O)N(C)CC(OC)OC)c1OC. The van der Waals surface area contributed by atoms with Crippen LogP contribution in [0.15, 0.2) is 18.2 Å². The zero-order chi connectivity index (χ0) is 15.1. The van der Waals surface area contributed by atoms with E-state index in [9.17, 15) is 4.79 Å². The van der Waals surface area contributed by atoms with E-state index in [4.69, 9.17) is 18.9 Å². The first kappa shape index (κ1) is 16.3. The van der Waals surface area contributed by atoms with Crippen LogP contribution in [-0.4, -0.2) is 59.1 Å². The van der Waals surface area contributed by atoms with E-state index >= 15 is 0 Å². The second-order valence-electron chi connectivity index (χ2n) is 4.13. The van der Waals surface area contributed by atoms with E-state index in [0.717, 1.165) is 0 Å². The minimum absolute atomic E-state index is 0.195. The molecular formula is C14H21NO5. The monoisotopic (exact) mass is 283 g/mol. The Balaban J connectivity index is 2.96. The summed E-state index contributed by atoms with van der Waals surface area (Å²) >= 11 is 0. The van der Waals surface area contributed by atoms with Gasteiger partial charge >= 0.3 is 0 Å². The molecule has 20 heavy (non-hydrogen) atoms. The van der Waals surface area contributed by atoms with Gasteiger partial charge in [0.1, 0.15) is 0 Å². The highest BCUT2D eigenvalue weighted by Gasteiger charge is 2.21. The fourth-order valence-corrected chi connectivity index (χ4v) is 1.81. The molecule has 6 nitrogen and oxygen atoms in total. The highest BCUT2D eigenvalue weighted by atomic mass is 16.7. The summed E-state index contributed by atoms with van der Waals surface area (Å²) in [6.45, 7) is 0.312. The van der Waals surface area contributed by atoms with E-state index in [1.807, 2.05) is 0 Å². The second-order valence-corrected chi connectivity index (χ2v) is 4.13. The van der Waals surface area contributed by atoms with Crippen molar-refractivity contribution in [1.29, 1.82) is 0 Å². The normalized spacial score (nSPS) is 10.5. The highest BCUT2D eigenvalue weighted by Crippen LogP contribution is 2.31. The van der Waals surface area contributed by atoms with Gasteiger partial charge in [-0.2, -0.15) is 0 Å². The molecular weight excluding hydrogens is 262 g/mol. The van der Waals surface area contributed by atoms with E-state index in [2.05, 4.69) is 0 Å². The van der Waals surface area contributed by atoms with Crippen LogP contribution in [-0.2, 0) is 9.47 Å². The number of likely N-dealkylation sites (N-methyl/N-ethyl adjacent to an activating group) is 1. The van der Waals surface area contributed by atoms with Gasteiger partial charge in [-0.05, 0) is 12.1 Å². The molecule has 0 bridgehead atoms. The molecule has 0 saturated carbocycles. The highest BCUT2D eigenvalue weighted by molar-refractivity contribution is 5.97. The fourth-order valence-electron chi connectivity index (χ4n) is 1.81. The van der Waals surface area contributed by atoms with Crippen molar-refractivity contribution in [2.75, 3.05) is 42.0 Å². The Morgan fingerprint density at radius 2 is 1.80 bits per heavy atom. The second kappa shape index (κ2) is 7.72. The number of carbonyl (C=O) groups excluding carboxylic acids is 1. The number of amides is 1. The smallest absolute Gasteiger partial charge is 0.257 e. The van der Waals surface area contributed by atoms with Gasteiger partial charge in [-0.3, -0.25) is 4.79 Å². The maximum absolute atomic E-state index is 12.4. The quantitative estimate of drug-likeness (QED) is 0.708. The third kappa shape index (κ3) is 3.61. The van der Waals surface area contributed by atoms with Crippen LogP contribution in [0.2, 0.25) is 0 Å². The molecule has 6 heteroatoms. The Morgan fingerprint density at radius 1 is 1.15 bits per heavy atom. The lowest BCUT2D eigenvalue weighted by molar-refractivity contribution is -0.110. The molecule has 0 aliphatic heterocycles. The molecule has 112 valence electrons. The van der Waals surface area contributed by atoms with Gasteiger partial charge in [-0.1, -0.05) is 6.07 Å². The van der Waals surface area contributed by atoms with Crippen LogP contribution < -0.4 is 9.47 Å². The zero-order valence-corrected chi connectivity index (χ0v) is 12.5. The van der Waals surface area contributed by atoms with Crippen molar-refractivity contribution in [2.24, 2.45) is 0 Å². The Morgan fingerprint density at radius 3 is 2.30 bits per heavy atom. The molecule has 0 aliphatic carbocycles. The average molecular weight is 283 g/mol. The number of methoxy groups -OCH3 is 4. The Kier molecular flexibility index (Phi) is 6.27. The summed E-state index contributed by atoms with van der Waals surface area (Å²) in [5.41, 5.74) is 0.431. The van der Waals surface area contributed by atoms with Crippen molar-refractivity contribution in [1.82, 2.24) is 4.90 Å². The number of nitrogens with zero attached hydrogens (tertiary/aromatic N) is 1.